The van der Waals surface area contributed by atoms with E-state index in [0.29, 0.717) is 6.54 Å². The quantitative estimate of drug-likeness (QED) is 0.543. The summed E-state index contributed by atoms with van der Waals surface area (Å²) in [7, 11) is 1.64. The van der Waals surface area contributed by atoms with Gasteiger partial charge in [0.2, 0.25) is 0 Å². The van der Waals surface area contributed by atoms with E-state index < -0.39 is 0 Å². The third-order valence-electron chi connectivity index (χ3n) is 1.80. The third-order valence-corrected chi connectivity index (χ3v) is 1.80. The van der Waals surface area contributed by atoms with Gasteiger partial charge in [0.25, 0.3) is 0 Å². The van der Waals surface area contributed by atoms with Crippen LogP contribution in [0, 0.1) is 0 Å². The summed E-state index contributed by atoms with van der Waals surface area (Å²) in [5, 5.41) is 0. The van der Waals surface area contributed by atoms with Gasteiger partial charge in [0.05, 0.1) is 7.11 Å². The molecule has 0 aliphatic carbocycles. The van der Waals surface area contributed by atoms with Crippen molar-refractivity contribution >= 4 is 0 Å². The van der Waals surface area contributed by atoms with Crippen LogP contribution in [0.3, 0.4) is 0 Å². The number of nitrogens with two attached hydrogens (primary N) is 1. The first-order chi connectivity index (χ1) is 6.76. The van der Waals surface area contributed by atoms with E-state index in [1.807, 2.05) is 31.2 Å². The van der Waals surface area contributed by atoms with Gasteiger partial charge in [-0.3, -0.25) is 11.3 Å². The minimum Gasteiger partial charge on any atom is -0.497 e. The molecule has 4 heteroatoms. The van der Waals surface area contributed by atoms with Crippen molar-refractivity contribution in [3.05, 3.63) is 24.3 Å². The second-order valence-corrected chi connectivity index (χ2v) is 3.01. The topological polar surface area (TPSA) is 56.5 Å². The molecule has 14 heavy (non-hydrogen) atoms. The Morgan fingerprint density at radius 2 is 1.86 bits per heavy atom. The molecule has 1 aromatic rings. The predicted molar refractivity (Wildman–Crippen MR) is 55.3 cm³/mol. The summed E-state index contributed by atoms with van der Waals surface area (Å²) in [6, 6.07) is 7.45. The standard InChI is InChI=1S/C10H16N2O2/c1-8(7-12-11)14-10-5-3-9(13-2)4-6-10/h3-6,8,12H,7,11H2,1-2H3. The smallest absolute Gasteiger partial charge is 0.120 e. The molecule has 0 amide bonds. The number of nitrogens with one attached hydrogen (secondary N) is 1. The number of rotatable bonds is 5. The first kappa shape index (κ1) is 10.8. The van der Waals surface area contributed by atoms with E-state index in [-0.39, 0.29) is 6.10 Å². The normalized spacial score (nSPS) is 12.2. The maximum atomic E-state index is 5.56. The van der Waals surface area contributed by atoms with E-state index >= 15 is 0 Å². The molecule has 0 heterocycles. The third kappa shape index (κ3) is 3.24. The molecule has 78 valence electrons. The Bertz CT molecular complexity index is 261. The molecule has 0 spiro atoms. The SMILES string of the molecule is COc1ccc(OC(C)CNN)cc1. The molecule has 1 aromatic carbocycles. The van der Waals surface area contributed by atoms with Gasteiger partial charge in [0.15, 0.2) is 0 Å². The van der Waals surface area contributed by atoms with Crippen molar-refractivity contribution in [2.75, 3.05) is 13.7 Å². The first-order valence-electron chi connectivity index (χ1n) is 4.50. The molecule has 0 saturated heterocycles. The Morgan fingerprint density at radius 1 is 1.29 bits per heavy atom. The molecular weight excluding hydrogens is 180 g/mol. The fourth-order valence-corrected chi connectivity index (χ4v) is 1.09. The Balaban J connectivity index is 2.50. The lowest BCUT2D eigenvalue weighted by atomic mass is 10.3. The molecule has 0 aromatic heterocycles. The van der Waals surface area contributed by atoms with Crippen LogP contribution < -0.4 is 20.7 Å². The van der Waals surface area contributed by atoms with Crippen LogP contribution in [-0.2, 0) is 0 Å². The Morgan fingerprint density at radius 3 is 2.36 bits per heavy atom. The van der Waals surface area contributed by atoms with Gasteiger partial charge in [-0.15, -0.1) is 0 Å². The zero-order valence-electron chi connectivity index (χ0n) is 8.49. The molecule has 0 saturated carbocycles. The number of ether oxygens (including phenoxy) is 2. The second kappa shape index (κ2) is 5.47. The second-order valence-electron chi connectivity index (χ2n) is 3.01. The summed E-state index contributed by atoms with van der Waals surface area (Å²) in [5.41, 5.74) is 2.56. The maximum Gasteiger partial charge on any atom is 0.120 e. The van der Waals surface area contributed by atoms with Crippen LogP contribution in [0.5, 0.6) is 11.5 Å². The monoisotopic (exact) mass is 196 g/mol. The van der Waals surface area contributed by atoms with Gasteiger partial charge in [-0.2, -0.15) is 0 Å². The van der Waals surface area contributed by atoms with Crippen LogP contribution in [-0.4, -0.2) is 19.8 Å². The maximum absolute atomic E-state index is 5.56. The van der Waals surface area contributed by atoms with Crippen molar-refractivity contribution < 1.29 is 9.47 Å². The molecule has 0 radical (unpaired) electrons. The Kier molecular flexibility index (Phi) is 4.22. The van der Waals surface area contributed by atoms with E-state index in [1.54, 1.807) is 7.11 Å². The minimum absolute atomic E-state index is 0.0494. The summed E-state index contributed by atoms with van der Waals surface area (Å²) < 4.78 is 10.6. The van der Waals surface area contributed by atoms with Gasteiger partial charge in [-0.1, -0.05) is 0 Å². The lowest BCUT2D eigenvalue weighted by Crippen LogP contribution is -2.33. The number of benzene rings is 1. The average molecular weight is 196 g/mol. The number of hydrazine groups is 1. The highest BCUT2D eigenvalue weighted by atomic mass is 16.5. The van der Waals surface area contributed by atoms with Crippen LogP contribution in [0.15, 0.2) is 24.3 Å². The molecule has 0 bridgehead atoms. The molecule has 1 unspecified atom stereocenters. The fourth-order valence-electron chi connectivity index (χ4n) is 1.09. The van der Waals surface area contributed by atoms with Gasteiger partial charge >= 0.3 is 0 Å². The number of methoxy groups -OCH3 is 1. The largest absolute Gasteiger partial charge is 0.497 e. The number of hydrogen-bond acceptors (Lipinski definition) is 4. The van der Waals surface area contributed by atoms with Gasteiger partial charge < -0.3 is 9.47 Å². The van der Waals surface area contributed by atoms with E-state index in [2.05, 4.69) is 5.43 Å². The lowest BCUT2D eigenvalue weighted by molar-refractivity contribution is 0.217. The summed E-state index contributed by atoms with van der Waals surface area (Å²) in [5.74, 6) is 6.81. The average Bonchev–Trinajstić information content (AvgIpc) is 2.19. The van der Waals surface area contributed by atoms with Crippen molar-refractivity contribution in [3.63, 3.8) is 0 Å². The van der Waals surface area contributed by atoms with Crippen molar-refractivity contribution in [1.29, 1.82) is 0 Å². The summed E-state index contributed by atoms with van der Waals surface area (Å²) >= 11 is 0. The molecule has 1 atom stereocenters. The van der Waals surface area contributed by atoms with Crippen LogP contribution >= 0.6 is 0 Å². The van der Waals surface area contributed by atoms with E-state index in [0.717, 1.165) is 11.5 Å². The lowest BCUT2D eigenvalue weighted by Gasteiger charge is -2.13. The van der Waals surface area contributed by atoms with Crippen LogP contribution in [0.2, 0.25) is 0 Å². The molecule has 0 fully saturated rings. The summed E-state index contributed by atoms with van der Waals surface area (Å²) in [4.78, 5) is 0. The van der Waals surface area contributed by atoms with Crippen molar-refractivity contribution in [1.82, 2.24) is 5.43 Å². The summed E-state index contributed by atoms with van der Waals surface area (Å²) in [6.07, 6.45) is 0.0494. The minimum atomic E-state index is 0.0494. The molecule has 1 rings (SSSR count). The Labute approximate surface area is 84.0 Å². The van der Waals surface area contributed by atoms with E-state index in [1.165, 1.54) is 0 Å². The fraction of sp³-hybridized carbons (Fsp3) is 0.400. The highest BCUT2D eigenvalue weighted by Crippen LogP contribution is 2.17. The predicted octanol–water partition coefficient (Wildman–Crippen LogP) is 0.926. The van der Waals surface area contributed by atoms with Gasteiger partial charge in [-0.05, 0) is 31.2 Å². The van der Waals surface area contributed by atoms with Gasteiger partial charge in [0.1, 0.15) is 17.6 Å². The van der Waals surface area contributed by atoms with Crippen LogP contribution in [0.4, 0.5) is 0 Å². The molecular formula is C10H16N2O2. The van der Waals surface area contributed by atoms with Crippen molar-refractivity contribution in [3.8, 4) is 11.5 Å². The van der Waals surface area contributed by atoms with Gasteiger partial charge in [-0.25, -0.2) is 0 Å². The number of hydrogen-bond donors (Lipinski definition) is 2. The van der Waals surface area contributed by atoms with E-state index in [9.17, 15) is 0 Å². The molecule has 0 aliphatic heterocycles. The Hall–Kier alpha value is -1.26. The van der Waals surface area contributed by atoms with Crippen molar-refractivity contribution in [2.24, 2.45) is 5.84 Å². The molecule has 3 N–H and O–H groups in total. The zero-order valence-corrected chi connectivity index (χ0v) is 8.49. The highest BCUT2D eigenvalue weighted by Gasteiger charge is 2.02. The van der Waals surface area contributed by atoms with Gasteiger partial charge in [0, 0.05) is 6.54 Å². The summed E-state index contributed by atoms with van der Waals surface area (Å²) in [6.45, 7) is 2.57. The van der Waals surface area contributed by atoms with E-state index in [4.69, 9.17) is 15.3 Å². The molecule has 0 aliphatic rings. The highest BCUT2D eigenvalue weighted by molar-refractivity contribution is 5.31. The van der Waals surface area contributed by atoms with Crippen LogP contribution in [0.25, 0.3) is 0 Å². The van der Waals surface area contributed by atoms with Crippen molar-refractivity contribution in [2.45, 2.75) is 13.0 Å². The first-order valence-corrected chi connectivity index (χ1v) is 4.50. The zero-order chi connectivity index (χ0) is 10.4. The van der Waals surface area contributed by atoms with Crippen LogP contribution in [0.1, 0.15) is 6.92 Å². The molecule has 4 nitrogen and oxygen atoms in total.